The summed E-state index contributed by atoms with van der Waals surface area (Å²) in [6.45, 7) is 2.81. The number of unbranched alkanes of at least 4 members (excludes halogenated alkanes) is 26. The van der Waals surface area contributed by atoms with E-state index in [0.717, 1.165) is 44.9 Å². The van der Waals surface area contributed by atoms with E-state index < -0.39 is 51.1 Å². The molecule has 0 heterocycles. The summed E-state index contributed by atoms with van der Waals surface area (Å²) in [5, 5.41) is 8.89. The predicted octanol–water partition coefficient (Wildman–Crippen LogP) is 11.7. The topological polar surface area (TPSA) is 172 Å². The number of ether oxygens (including phenoxy) is 2. The van der Waals surface area contributed by atoms with Crippen molar-refractivity contribution in [2.24, 2.45) is 5.73 Å². The Morgan fingerprint density at radius 1 is 0.545 bits per heavy atom. The van der Waals surface area contributed by atoms with Crippen molar-refractivity contribution in [3.05, 3.63) is 12.2 Å². The lowest BCUT2D eigenvalue weighted by Gasteiger charge is -2.20. The van der Waals surface area contributed by atoms with E-state index in [1.165, 1.54) is 128 Å². The number of aliphatic carboxylic acids is 1. The minimum Gasteiger partial charge on any atom is -0.480 e. The number of hydrogen-bond donors (Lipinski definition) is 3. The highest BCUT2D eigenvalue weighted by Crippen LogP contribution is 2.43. The zero-order valence-electron chi connectivity index (χ0n) is 35.0. The van der Waals surface area contributed by atoms with Gasteiger partial charge in [-0.3, -0.25) is 23.4 Å². The average Bonchev–Trinajstić information content (AvgIpc) is 3.16. The van der Waals surface area contributed by atoms with Crippen LogP contribution in [-0.4, -0.2) is 59.9 Å². The molecule has 0 rings (SSSR count). The van der Waals surface area contributed by atoms with Gasteiger partial charge in [-0.15, -0.1) is 0 Å². The number of carbonyl (C=O) groups is 3. The molecule has 4 N–H and O–H groups in total. The van der Waals surface area contributed by atoms with E-state index in [4.69, 9.17) is 24.8 Å². The number of nitrogens with two attached hydrogens (primary N) is 1. The van der Waals surface area contributed by atoms with Crippen LogP contribution in [0.5, 0.6) is 0 Å². The molecular formula is C43H82NO10P. The van der Waals surface area contributed by atoms with Gasteiger partial charge in [-0.25, -0.2) is 4.57 Å². The zero-order valence-corrected chi connectivity index (χ0v) is 35.9. The molecule has 0 aliphatic heterocycles. The number of phosphoric acid groups is 1. The third-order valence-corrected chi connectivity index (χ3v) is 10.7. The summed E-state index contributed by atoms with van der Waals surface area (Å²) in [6.07, 6.45) is 38.4. The molecule has 0 saturated heterocycles. The highest BCUT2D eigenvalue weighted by atomic mass is 31.2. The first kappa shape index (κ1) is 53.2. The Morgan fingerprint density at radius 3 is 1.35 bits per heavy atom. The van der Waals surface area contributed by atoms with Gasteiger partial charge in [-0.05, 0) is 38.5 Å². The van der Waals surface area contributed by atoms with Gasteiger partial charge < -0.3 is 25.2 Å². The number of esters is 2. The van der Waals surface area contributed by atoms with Gasteiger partial charge in [0, 0.05) is 12.8 Å². The summed E-state index contributed by atoms with van der Waals surface area (Å²) < 4.78 is 32.7. The van der Waals surface area contributed by atoms with Crippen molar-refractivity contribution in [2.75, 3.05) is 19.8 Å². The Morgan fingerprint density at radius 2 is 0.909 bits per heavy atom. The molecule has 0 aliphatic rings. The first-order valence-corrected chi connectivity index (χ1v) is 23.7. The quantitative estimate of drug-likeness (QED) is 0.0232. The van der Waals surface area contributed by atoms with Crippen LogP contribution in [0.4, 0.5) is 0 Å². The second-order valence-electron chi connectivity index (χ2n) is 15.2. The van der Waals surface area contributed by atoms with Crippen LogP contribution >= 0.6 is 7.82 Å². The molecule has 0 aliphatic carbocycles. The van der Waals surface area contributed by atoms with Gasteiger partial charge in [0.05, 0.1) is 13.2 Å². The minimum absolute atomic E-state index is 0.160. The number of carboxylic acid groups (broad SMARTS) is 1. The van der Waals surface area contributed by atoms with Gasteiger partial charge >= 0.3 is 25.7 Å². The monoisotopic (exact) mass is 804 g/mol. The summed E-state index contributed by atoms with van der Waals surface area (Å²) in [7, 11) is -4.71. The van der Waals surface area contributed by atoms with Crippen LogP contribution < -0.4 is 5.73 Å². The first-order chi connectivity index (χ1) is 26.6. The summed E-state index contributed by atoms with van der Waals surface area (Å²) in [4.78, 5) is 45.9. The van der Waals surface area contributed by atoms with Crippen molar-refractivity contribution in [1.29, 1.82) is 0 Å². The molecule has 0 saturated carbocycles. The second kappa shape index (κ2) is 39.1. The number of phosphoric ester groups is 1. The Kier molecular flexibility index (Phi) is 37.8. The van der Waals surface area contributed by atoms with Crippen molar-refractivity contribution in [3.8, 4) is 0 Å². The van der Waals surface area contributed by atoms with Crippen molar-refractivity contribution in [3.63, 3.8) is 0 Å². The van der Waals surface area contributed by atoms with E-state index in [-0.39, 0.29) is 19.4 Å². The van der Waals surface area contributed by atoms with Crippen LogP contribution in [0.15, 0.2) is 12.2 Å². The first-order valence-electron chi connectivity index (χ1n) is 22.2. The lowest BCUT2D eigenvalue weighted by Crippen LogP contribution is -2.34. The number of hydrogen-bond acceptors (Lipinski definition) is 9. The van der Waals surface area contributed by atoms with Crippen LogP contribution in [0.3, 0.4) is 0 Å². The van der Waals surface area contributed by atoms with E-state index in [9.17, 15) is 23.8 Å². The Balaban J connectivity index is 4.32. The maximum absolute atomic E-state index is 12.6. The molecule has 0 fully saturated rings. The van der Waals surface area contributed by atoms with E-state index in [1.807, 2.05) is 0 Å². The number of carboxylic acids is 1. The SMILES string of the molecule is CCCCCC/C=C/CCCCCCCCCC(=O)O[C@H](COC(=O)CCCCCCCCCCCCCCCCCC)COP(=O)(O)OC[C@H](N)C(=O)O. The van der Waals surface area contributed by atoms with Gasteiger partial charge in [-0.1, -0.05) is 174 Å². The Hall–Kier alpha value is -1.78. The van der Waals surface area contributed by atoms with Crippen molar-refractivity contribution < 1.29 is 47.5 Å². The smallest absolute Gasteiger partial charge is 0.472 e. The predicted molar refractivity (Wildman–Crippen MR) is 222 cm³/mol. The van der Waals surface area contributed by atoms with Gasteiger partial charge in [0.2, 0.25) is 0 Å². The standard InChI is InChI=1S/C43H82NO10P/c1-3-5-7-9-11-13-15-17-19-21-22-24-26-28-30-32-34-41(45)51-36-39(37-52-55(49,50)53-38-40(44)43(47)48)54-42(46)35-33-31-29-27-25-23-20-18-16-14-12-10-8-6-4-2/h14,16,39-40H,3-13,15,17-38,44H2,1-2H3,(H,47,48)(H,49,50)/b16-14+/t39-,40+/m1/s1. The van der Waals surface area contributed by atoms with Gasteiger partial charge in [0.25, 0.3) is 0 Å². The van der Waals surface area contributed by atoms with Crippen LogP contribution in [-0.2, 0) is 37.5 Å². The Bertz CT molecular complexity index is 995. The molecule has 3 atom stereocenters. The maximum Gasteiger partial charge on any atom is 0.472 e. The highest BCUT2D eigenvalue weighted by Gasteiger charge is 2.28. The molecule has 0 aromatic rings. The van der Waals surface area contributed by atoms with Crippen LogP contribution in [0.1, 0.15) is 213 Å². The molecule has 324 valence electrons. The third kappa shape index (κ3) is 38.9. The summed E-state index contributed by atoms with van der Waals surface area (Å²) in [5.41, 5.74) is 5.33. The lowest BCUT2D eigenvalue weighted by atomic mass is 10.0. The average molecular weight is 804 g/mol. The zero-order chi connectivity index (χ0) is 40.7. The maximum atomic E-state index is 12.6. The molecule has 0 bridgehead atoms. The number of rotatable bonds is 42. The molecule has 11 nitrogen and oxygen atoms in total. The van der Waals surface area contributed by atoms with Crippen molar-refractivity contribution in [2.45, 2.75) is 225 Å². The molecule has 12 heteroatoms. The molecule has 1 unspecified atom stereocenters. The number of carbonyl (C=O) groups excluding carboxylic acids is 2. The van der Waals surface area contributed by atoms with Gasteiger partial charge in [-0.2, -0.15) is 0 Å². The van der Waals surface area contributed by atoms with Crippen LogP contribution in [0, 0.1) is 0 Å². The van der Waals surface area contributed by atoms with Crippen molar-refractivity contribution in [1.82, 2.24) is 0 Å². The molecule has 55 heavy (non-hydrogen) atoms. The minimum atomic E-state index is -4.71. The molecule has 0 amide bonds. The van der Waals surface area contributed by atoms with Crippen LogP contribution in [0.2, 0.25) is 0 Å². The fraction of sp³-hybridized carbons (Fsp3) is 0.884. The molecule has 0 aromatic heterocycles. The fourth-order valence-corrected chi connectivity index (χ4v) is 7.02. The van der Waals surface area contributed by atoms with E-state index in [2.05, 4.69) is 30.5 Å². The van der Waals surface area contributed by atoms with E-state index in [0.29, 0.717) is 12.8 Å². The summed E-state index contributed by atoms with van der Waals surface area (Å²) in [5.74, 6) is -2.37. The molecule has 0 spiro atoms. The molecule has 0 aromatic carbocycles. The highest BCUT2D eigenvalue weighted by molar-refractivity contribution is 7.47. The van der Waals surface area contributed by atoms with Gasteiger partial charge in [0.15, 0.2) is 6.10 Å². The normalized spacial score (nSPS) is 13.8. The summed E-state index contributed by atoms with van der Waals surface area (Å²) in [6, 6.07) is -1.52. The summed E-state index contributed by atoms with van der Waals surface area (Å²) >= 11 is 0. The van der Waals surface area contributed by atoms with Crippen LogP contribution in [0.25, 0.3) is 0 Å². The molecule has 0 radical (unpaired) electrons. The molecular weight excluding hydrogens is 721 g/mol. The van der Waals surface area contributed by atoms with Gasteiger partial charge in [0.1, 0.15) is 12.6 Å². The van der Waals surface area contributed by atoms with E-state index >= 15 is 0 Å². The van der Waals surface area contributed by atoms with E-state index in [1.54, 1.807) is 0 Å². The third-order valence-electron chi connectivity index (χ3n) is 9.76. The lowest BCUT2D eigenvalue weighted by molar-refractivity contribution is -0.161. The second-order valence-corrected chi connectivity index (χ2v) is 16.6. The fourth-order valence-electron chi connectivity index (χ4n) is 6.24. The largest absolute Gasteiger partial charge is 0.480 e. The number of allylic oxidation sites excluding steroid dienone is 2. The van der Waals surface area contributed by atoms with Crippen molar-refractivity contribution >= 4 is 25.7 Å². The Labute approximate surface area is 335 Å².